The van der Waals surface area contributed by atoms with Crippen LogP contribution in [0.25, 0.3) is 56.0 Å². The third-order valence-corrected chi connectivity index (χ3v) is 8.38. The van der Waals surface area contributed by atoms with Gasteiger partial charge in [0.25, 0.3) is 0 Å². The topological polar surface area (TPSA) is 137 Å². The first-order valence-electron chi connectivity index (χ1n) is 15.8. The molecule has 240 valence electrons. The molecule has 7 rings (SSSR count). The van der Waals surface area contributed by atoms with Crippen LogP contribution in [0.5, 0.6) is 5.75 Å². The number of halogens is 1. The molecule has 0 aliphatic carbocycles. The molecule has 0 bridgehead atoms. The van der Waals surface area contributed by atoms with E-state index in [1.807, 2.05) is 61.5 Å². The molecule has 2 aromatic carbocycles. The highest BCUT2D eigenvalue weighted by Gasteiger charge is 2.19. The van der Waals surface area contributed by atoms with Crippen molar-refractivity contribution in [3.05, 3.63) is 72.8 Å². The van der Waals surface area contributed by atoms with Gasteiger partial charge in [-0.2, -0.15) is 5.10 Å². The lowest BCUT2D eigenvalue weighted by atomic mass is 9.94. The second kappa shape index (κ2) is 13.3. The summed E-state index contributed by atoms with van der Waals surface area (Å²) in [5, 5.41) is 13.9. The summed E-state index contributed by atoms with van der Waals surface area (Å²) in [6.07, 6.45) is 5.88. The number of aromatic amines is 2. The summed E-state index contributed by atoms with van der Waals surface area (Å²) in [5.41, 5.74) is 6.88. The maximum Gasteiger partial charge on any atom is 0.224 e. The SMILES string of the molecule is CN(C)CCOc1cc(F)cc(-c2cccc3[nH]c(-c4n[nH]c5ccc(-c6cncc(NC(=O)CC7CCNCC7)c6)nc45)nc23)c1. The molecule has 1 aliphatic heterocycles. The van der Waals surface area contributed by atoms with Gasteiger partial charge in [-0.05, 0) is 87.9 Å². The summed E-state index contributed by atoms with van der Waals surface area (Å²) >= 11 is 0. The van der Waals surface area contributed by atoms with E-state index in [1.54, 1.807) is 12.4 Å². The molecule has 0 atom stereocenters. The molecule has 1 aliphatic rings. The molecule has 12 heteroatoms. The first kappa shape index (κ1) is 30.5. The van der Waals surface area contributed by atoms with Gasteiger partial charge in [-0.1, -0.05) is 12.1 Å². The number of rotatable bonds is 10. The van der Waals surface area contributed by atoms with E-state index in [9.17, 15) is 9.18 Å². The number of aromatic nitrogens is 6. The Morgan fingerprint density at radius 3 is 2.72 bits per heavy atom. The van der Waals surface area contributed by atoms with Gasteiger partial charge < -0.3 is 25.3 Å². The van der Waals surface area contributed by atoms with Gasteiger partial charge in [0.15, 0.2) is 11.5 Å². The normalized spacial score (nSPS) is 13.9. The average molecular weight is 634 g/mol. The third kappa shape index (κ3) is 6.83. The first-order valence-corrected chi connectivity index (χ1v) is 15.8. The molecule has 0 saturated carbocycles. The monoisotopic (exact) mass is 633 g/mol. The van der Waals surface area contributed by atoms with Gasteiger partial charge in [-0.25, -0.2) is 14.4 Å². The quantitative estimate of drug-likeness (QED) is 0.152. The number of ether oxygens (including phenoxy) is 1. The van der Waals surface area contributed by atoms with Crippen molar-refractivity contribution in [3.8, 4) is 39.7 Å². The first-order chi connectivity index (χ1) is 22.9. The van der Waals surface area contributed by atoms with Gasteiger partial charge in [0.2, 0.25) is 5.91 Å². The number of nitrogens with one attached hydrogen (secondary N) is 4. The Bertz CT molecular complexity index is 2050. The maximum absolute atomic E-state index is 14.7. The van der Waals surface area contributed by atoms with Crippen LogP contribution >= 0.6 is 0 Å². The number of para-hydroxylation sites is 1. The molecular weight excluding hydrogens is 597 g/mol. The highest BCUT2D eigenvalue weighted by molar-refractivity contribution is 5.97. The van der Waals surface area contributed by atoms with Gasteiger partial charge in [0.1, 0.15) is 23.7 Å². The van der Waals surface area contributed by atoms with Crippen LogP contribution in [0.15, 0.2) is 67.0 Å². The number of imidazole rings is 1. The minimum Gasteiger partial charge on any atom is -0.492 e. The summed E-state index contributed by atoms with van der Waals surface area (Å²) < 4.78 is 20.5. The van der Waals surface area contributed by atoms with Gasteiger partial charge in [-0.15, -0.1) is 0 Å². The minimum atomic E-state index is -0.384. The molecular formula is C35H36FN9O2. The van der Waals surface area contributed by atoms with Crippen LogP contribution in [0.4, 0.5) is 10.1 Å². The van der Waals surface area contributed by atoms with Gasteiger partial charge >= 0.3 is 0 Å². The molecule has 11 nitrogen and oxygen atoms in total. The van der Waals surface area contributed by atoms with Crippen LogP contribution in [-0.2, 0) is 4.79 Å². The van der Waals surface area contributed by atoms with E-state index in [4.69, 9.17) is 14.7 Å². The Kier molecular flexibility index (Phi) is 8.60. The van der Waals surface area contributed by atoms with E-state index < -0.39 is 0 Å². The number of H-pyrrole nitrogens is 2. The molecule has 1 fully saturated rings. The molecule has 5 heterocycles. The number of piperidine rings is 1. The predicted molar refractivity (Wildman–Crippen MR) is 180 cm³/mol. The van der Waals surface area contributed by atoms with Crippen LogP contribution in [-0.4, -0.2) is 81.3 Å². The van der Waals surface area contributed by atoms with Crippen LogP contribution in [0, 0.1) is 11.7 Å². The Morgan fingerprint density at radius 1 is 1.00 bits per heavy atom. The van der Waals surface area contributed by atoms with Crippen molar-refractivity contribution in [1.82, 2.24) is 40.3 Å². The van der Waals surface area contributed by atoms with Crippen molar-refractivity contribution in [1.29, 1.82) is 0 Å². The molecule has 47 heavy (non-hydrogen) atoms. The summed E-state index contributed by atoms with van der Waals surface area (Å²) in [6, 6.07) is 16.1. The highest BCUT2D eigenvalue weighted by atomic mass is 19.1. The zero-order chi connectivity index (χ0) is 32.3. The molecule has 6 aromatic rings. The largest absolute Gasteiger partial charge is 0.492 e. The zero-order valence-electron chi connectivity index (χ0n) is 26.3. The summed E-state index contributed by atoms with van der Waals surface area (Å²) in [5.74, 6) is 0.990. The Balaban J connectivity index is 1.16. The number of carbonyl (C=O) groups is 1. The second-order valence-electron chi connectivity index (χ2n) is 12.2. The van der Waals surface area contributed by atoms with Crippen molar-refractivity contribution < 1.29 is 13.9 Å². The van der Waals surface area contributed by atoms with Crippen molar-refractivity contribution in [2.75, 3.05) is 45.7 Å². The van der Waals surface area contributed by atoms with Crippen molar-refractivity contribution in [2.45, 2.75) is 19.3 Å². The summed E-state index contributed by atoms with van der Waals surface area (Å²) in [6.45, 7) is 3.07. The Labute approximate surface area is 271 Å². The van der Waals surface area contributed by atoms with E-state index in [1.165, 1.54) is 12.1 Å². The lowest BCUT2D eigenvalue weighted by Gasteiger charge is -2.21. The second-order valence-corrected chi connectivity index (χ2v) is 12.2. The molecule has 0 unspecified atom stereocenters. The summed E-state index contributed by atoms with van der Waals surface area (Å²) in [4.78, 5) is 32.3. The fourth-order valence-electron chi connectivity index (χ4n) is 5.96. The van der Waals surface area contributed by atoms with Crippen LogP contribution in [0.3, 0.4) is 0 Å². The van der Waals surface area contributed by atoms with Crippen molar-refractivity contribution in [3.63, 3.8) is 0 Å². The van der Waals surface area contributed by atoms with Crippen LogP contribution in [0.1, 0.15) is 19.3 Å². The van der Waals surface area contributed by atoms with E-state index in [2.05, 4.69) is 30.8 Å². The molecule has 0 spiro atoms. The number of benzene rings is 2. The molecule has 4 N–H and O–H groups in total. The predicted octanol–water partition coefficient (Wildman–Crippen LogP) is 5.64. The molecule has 1 amide bonds. The van der Waals surface area contributed by atoms with Gasteiger partial charge in [0, 0.05) is 36.4 Å². The number of likely N-dealkylation sites (N-methyl/N-ethyl adjacent to an activating group) is 1. The lowest BCUT2D eigenvalue weighted by Crippen LogP contribution is -2.30. The number of anilines is 1. The van der Waals surface area contributed by atoms with Crippen molar-refractivity contribution >= 4 is 33.7 Å². The van der Waals surface area contributed by atoms with Crippen LogP contribution in [0.2, 0.25) is 0 Å². The summed E-state index contributed by atoms with van der Waals surface area (Å²) in [7, 11) is 3.92. The number of carbonyl (C=O) groups excluding carboxylic acids is 1. The van der Waals surface area contributed by atoms with E-state index in [-0.39, 0.29) is 11.7 Å². The average Bonchev–Trinajstić information content (AvgIpc) is 3.69. The lowest BCUT2D eigenvalue weighted by molar-refractivity contribution is -0.117. The number of nitrogens with zero attached hydrogens (tertiary/aromatic N) is 5. The molecule has 0 radical (unpaired) electrons. The molecule has 4 aromatic heterocycles. The maximum atomic E-state index is 14.7. The molecule has 1 saturated heterocycles. The number of hydrogen-bond donors (Lipinski definition) is 4. The number of amides is 1. The Morgan fingerprint density at radius 2 is 1.87 bits per heavy atom. The van der Waals surface area contributed by atoms with E-state index in [0.717, 1.165) is 48.1 Å². The van der Waals surface area contributed by atoms with Crippen LogP contribution < -0.4 is 15.4 Å². The number of pyridine rings is 2. The minimum absolute atomic E-state index is 0.00745. The number of fused-ring (bicyclic) bond motifs is 2. The highest BCUT2D eigenvalue weighted by Crippen LogP contribution is 2.34. The fourth-order valence-corrected chi connectivity index (χ4v) is 5.96. The van der Waals surface area contributed by atoms with E-state index in [0.29, 0.717) is 70.7 Å². The zero-order valence-corrected chi connectivity index (χ0v) is 26.3. The fraction of sp³-hybridized carbons (Fsp3) is 0.286. The van der Waals surface area contributed by atoms with E-state index >= 15 is 0 Å². The smallest absolute Gasteiger partial charge is 0.224 e. The Hall–Kier alpha value is -5.20. The third-order valence-electron chi connectivity index (χ3n) is 8.38. The standard InChI is InChI=1S/C35H36FN9O2/c1-45(2)12-13-47-26-17-22(15-24(36)18-26)27-4-3-5-29-32(27)42-35(41-29)34-33-30(43-44-34)7-6-28(40-33)23-16-25(20-38-19-23)39-31(46)14-21-8-10-37-11-9-21/h3-7,15-21,37H,8-14H2,1-2H3,(H,39,46)(H,41,42)(H,43,44). The number of hydrogen-bond acceptors (Lipinski definition) is 8. The van der Waals surface area contributed by atoms with Gasteiger partial charge in [-0.3, -0.25) is 14.9 Å². The van der Waals surface area contributed by atoms with Crippen molar-refractivity contribution in [2.24, 2.45) is 5.92 Å². The van der Waals surface area contributed by atoms with Gasteiger partial charge in [0.05, 0.1) is 34.1 Å².